The van der Waals surface area contributed by atoms with Gasteiger partial charge in [0.15, 0.2) is 0 Å². The minimum Gasteiger partial charge on any atom is -0.480 e. The maximum atomic E-state index is 5.21. The number of hydrogen-bond acceptors (Lipinski definition) is 3. The summed E-state index contributed by atoms with van der Waals surface area (Å²) in [5.74, 6) is 0.540. The van der Waals surface area contributed by atoms with Crippen molar-refractivity contribution in [2.45, 2.75) is 0 Å². The van der Waals surface area contributed by atoms with Gasteiger partial charge in [0.2, 0.25) is 5.88 Å². The van der Waals surface area contributed by atoms with Crippen LogP contribution >= 0.6 is 0 Å². The number of nitrogens with zero attached hydrogens (tertiary/aromatic N) is 2. The zero-order chi connectivity index (χ0) is 13.5. The summed E-state index contributed by atoms with van der Waals surface area (Å²) in [6.45, 7) is 0. The third-order valence-electron chi connectivity index (χ3n) is 3.61. The summed E-state index contributed by atoms with van der Waals surface area (Å²) < 4.78 is 5.21. The van der Waals surface area contributed by atoms with Crippen LogP contribution in [0.15, 0.2) is 54.7 Å². The van der Waals surface area contributed by atoms with Gasteiger partial charge in [-0.25, -0.2) is 9.97 Å². The van der Waals surface area contributed by atoms with E-state index < -0.39 is 0 Å². The van der Waals surface area contributed by atoms with E-state index in [4.69, 9.17) is 4.74 Å². The zero-order valence-corrected chi connectivity index (χ0v) is 11.0. The molecular weight excluding hydrogens is 248 g/mol. The average molecular weight is 260 g/mol. The minimum atomic E-state index is 0.540. The van der Waals surface area contributed by atoms with Gasteiger partial charge in [0, 0.05) is 10.8 Å². The molecule has 4 rings (SSSR count). The zero-order valence-electron chi connectivity index (χ0n) is 11.0. The van der Waals surface area contributed by atoms with Crippen LogP contribution in [0.3, 0.4) is 0 Å². The maximum absolute atomic E-state index is 5.21. The molecule has 1 aromatic heterocycles. The largest absolute Gasteiger partial charge is 0.480 e. The fraction of sp³-hybridized carbons (Fsp3) is 0.0588. The normalized spacial score (nSPS) is 11.2. The maximum Gasteiger partial charge on any atom is 0.232 e. The number of ether oxygens (including phenoxy) is 1. The third kappa shape index (κ3) is 1.46. The second-order valence-corrected chi connectivity index (χ2v) is 4.70. The predicted molar refractivity (Wildman–Crippen MR) is 81.1 cm³/mol. The Balaban J connectivity index is 2.35. The Morgan fingerprint density at radius 2 is 1.30 bits per heavy atom. The number of aromatic nitrogens is 2. The van der Waals surface area contributed by atoms with Crippen LogP contribution in [0.1, 0.15) is 0 Å². The Morgan fingerprint density at radius 3 is 1.90 bits per heavy atom. The Bertz CT molecular complexity index is 912. The fourth-order valence-electron chi connectivity index (χ4n) is 2.71. The predicted octanol–water partition coefficient (Wildman–Crippen LogP) is 3.94. The first-order chi connectivity index (χ1) is 9.88. The molecule has 0 radical (unpaired) electrons. The van der Waals surface area contributed by atoms with Gasteiger partial charge >= 0.3 is 0 Å². The van der Waals surface area contributed by atoms with Crippen molar-refractivity contribution in [3.8, 4) is 5.88 Å². The lowest BCUT2D eigenvalue weighted by atomic mass is 10.00. The summed E-state index contributed by atoms with van der Waals surface area (Å²) in [7, 11) is 1.61. The van der Waals surface area contributed by atoms with Crippen molar-refractivity contribution in [2.24, 2.45) is 0 Å². The van der Waals surface area contributed by atoms with Crippen LogP contribution in [-0.4, -0.2) is 17.1 Å². The van der Waals surface area contributed by atoms with Gasteiger partial charge in [0.1, 0.15) is 5.52 Å². The van der Waals surface area contributed by atoms with Crippen molar-refractivity contribution in [1.29, 1.82) is 0 Å². The molecule has 0 unspecified atom stereocenters. The number of fused-ring (bicyclic) bond motifs is 6. The van der Waals surface area contributed by atoms with Crippen LogP contribution in [0.25, 0.3) is 32.6 Å². The first kappa shape index (κ1) is 11.2. The molecule has 0 aliphatic heterocycles. The first-order valence-electron chi connectivity index (χ1n) is 6.48. The lowest BCUT2D eigenvalue weighted by Gasteiger charge is -2.09. The summed E-state index contributed by atoms with van der Waals surface area (Å²) in [5, 5.41) is 4.62. The van der Waals surface area contributed by atoms with E-state index in [1.165, 1.54) is 10.8 Å². The van der Waals surface area contributed by atoms with Crippen molar-refractivity contribution in [3.05, 3.63) is 54.7 Å². The average Bonchev–Trinajstić information content (AvgIpc) is 2.54. The molecule has 0 spiro atoms. The molecule has 0 fully saturated rings. The van der Waals surface area contributed by atoms with Gasteiger partial charge in [-0.3, -0.25) is 0 Å². The summed E-state index contributed by atoms with van der Waals surface area (Å²) >= 11 is 0. The van der Waals surface area contributed by atoms with Crippen LogP contribution < -0.4 is 4.74 Å². The standard InChI is InChI=1S/C17H12N2O/c1-20-15-10-18-16-13-8-4-2-6-11(13)12-7-3-5-9-14(12)17(16)19-15/h2-10H,1H3. The van der Waals surface area contributed by atoms with E-state index in [9.17, 15) is 0 Å². The second-order valence-electron chi connectivity index (χ2n) is 4.70. The second kappa shape index (κ2) is 4.17. The molecule has 3 nitrogen and oxygen atoms in total. The quantitative estimate of drug-likeness (QED) is 0.486. The van der Waals surface area contributed by atoms with Crippen LogP contribution in [-0.2, 0) is 0 Å². The highest BCUT2D eigenvalue weighted by atomic mass is 16.5. The van der Waals surface area contributed by atoms with Crippen LogP contribution in [0.5, 0.6) is 5.88 Å². The lowest BCUT2D eigenvalue weighted by molar-refractivity contribution is 0.398. The van der Waals surface area contributed by atoms with Crippen LogP contribution in [0.2, 0.25) is 0 Å². The van der Waals surface area contributed by atoms with Crippen molar-refractivity contribution >= 4 is 32.6 Å². The van der Waals surface area contributed by atoms with Crippen LogP contribution in [0, 0.1) is 0 Å². The molecule has 0 aliphatic carbocycles. The van der Waals surface area contributed by atoms with E-state index in [-0.39, 0.29) is 0 Å². The van der Waals surface area contributed by atoms with Gasteiger partial charge in [-0.2, -0.15) is 0 Å². The molecule has 1 heterocycles. The Kier molecular flexibility index (Phi) is 2.33. The summed E-state index contributed by atoms with van der Waals surface area (Å²) in [6.07, 6.45) is 1.67. The van der Waals surface area contributed by atoms with E-state index in [2.05, 4.69) is 40.3 Å². The molecule has 3 aromatic carbocycles. The van der Waals surface area contributed by atoms with Crippen molar-refractivity contribution < 1.29 is 4.74 Å². The highest BCUT2D eigenvalue weighted by Gasteiger charge is 2.10. The van der Waals surface area contributed by atoms with Crippen molar-refractivity contribution in [3.63, 3.8) is 0 Å². The highest BCUT2D eigenvalue weighted by Crippen LogP contribution is 2.33. The molecule has 4 aromatic rings. The molecule has 0 atom stereocenters. The first-order valence-corrected chi connectivity index (χ1v) is 6.48. The molecule has 0 aliphatic rings. The van der Waals surface area contributed by atoms with Gasteiger partial charge in [0.25, 0.3) is 0 Å². The van der Waals surface area contributed by atoms with Gasteiger partial charge < -0.3 is 4.74 Å². The molecule has 20 heavy (non-hydrogen) atoms. The van der Waals surface area contributed by atoms with E-state index in [0.717, 1.165) is 21.8 Å². The van der Waals surface area contributed by atoms with Gasteiger partial charge in [-0.1, -0.05) is 48.5 Å². The lowest BCUT2D eigenvalue weighted by Crippen LogP contribution is -1.92. The Hall–Kier alpha value is -2.68. The van der Waals surface area contributed by atoms with E-state index in [0.29, 0.717) is 5.88 Å². The van der Waals surface area contributed by atoms with E-state index in [1.807, 2.05) is 18.2 Å². The van der Waals surface area contributed by atoms with E-state index >= 15 is 0 Å². The number of hydrogen-bond donors (Lipinski definition) is 0. The third-order valence-corrected chi connectivity index (χ3v) is 3.61. The van der Waals surface area contributed by atoms with Gasteiger partial charge in [-0.15, -0.1) is 0 Å². The molecule has 3 heteroatoms. The summed E-state index contributed by atoms with van der Waals surface area (Å²) in [4.78, 5) is 9.13. The topological polar surface area (TPSA) is 35.0 Å². The summed E-state index contributed by atoms with van der Waals surface area (Å²) in [6, 6.07) is 16.6. The molecule has 96 valence electrons. The molecule has 0 bridgehead atoms. The highest BCUT2D eigenvalue weighted by molar-refractivity contribution is 6.22. The van der Waals surface area contributed by atoms with Crippen molar-refractivity contribution in [1.82, 2.24) is 9.97 Å². The van der Waals surface area contributed by atoms with Gasteiger partial charge in [-0.05, 0) is 10.8 Å². The monoisotopic (exact) mass is 260 g/mol. The minimum absolute atomic E-state index is 0.540. The van der Waals surface area contributed by atoms with Crippen molar-refractivity contribution in [2.75, 3.05) is 7.11 Å². The van der Waals surface area contributed by atoms with Crippen LogP contribution in [0.4, 0.5) is 0 Å². The fourth-order valence-corrected chi connectivity index (χ4v) is 2.71. The molecule has 0 saturated carbocycles. The summed E-state index contributed by atoms with van der Waals surface area (Å²) in [5.41, 5.74) is 1.80. The molecule has 0 N–H and O–H groups in total. The van der Waals surface area contributed by atoms with E-state index in [1.54, 1.807) is 13.3 Å². The number of benzene rings is 3. The van der Waals surface area contributed by atoms with Gasteiger partial charge in [0.05, 0.1) is 18.8 Å². The number of methoxy groups -OCH3 is 1. The number of rotatable bonds is 1. The molecule has 0 amide bonds. The smallest absolute Gasteiger partial charge is 0.232 e. The molecule has 0 saturated heterocycles. The SMILES string of the molecule is COc1cnc2c3ccccc3c3ccccc3c2n1. The Labute approximate surface area is 115 Å². The molecular formula is C17H12N2O. The Morgan fingerprint density at radius 1 is 0.750 bits per heavy atom.